The van der Waals surface area contributed by atoms with Gasteiger partial charge in [-0.2, -0.15) is 0 Å². The molecule has 0 unspecified atom stereocenters. The van der Waals surface area contributed by atoms with Crippen LogP contribution in [0.25, 0.3) is 11.1 Å². The normalized spacial score (nSPS) is 10.5. The Bertz CT molecular complexity index is 558. The Kier molecular flexibility index (Phi) is 3.01. The van der Waals surface area contributed by atoms with Gasteiger partial charge in [0.25, 0.3) is 0 Å². The molecule has 3 nitrogen and oxygen atoms in total. The molecule has 0 aliphatic heterocycles. The molecule has 2 aromatic rings. The molecule has 1 aromatic heterocycles. The standard InChI is InChI=1S/C12H9F2NO2/c13-9-3-1-2-8(12(9)14)7-4-11(17)10(6-16)15-5-7/h1-5,16-17H,6H2. The van der Waals surface area contributed by atoms with Gasteiger partial charge < -0.3 is 10.2 Å². The van der Waals surface area contributed by atoms with Crippen molar-refractivity contribution in [3.8, 4) is 16.9 Å². The number of hydrogen-bond donors (Lipinski definition) is 2. The number of aliphatic hydroxyl groups excluding tert-OH is 1. The predicted octanol–water partition coefficient (Wildman–Crippen LogP) is 2.22. The molecule has 0 saturated heterocycles. The molecule has 2 rings (SSSR count). The number of pyridine rings is 1. The molecule has 0 aliphatic carbocycles. The Morgan fingerprint density at radius 3 is 2.65 bits per heavy atom. The average molecular weight is 237 g/mol. The Morgan fingerprint density at radius 2 is 2.00 bits per heavy atom. The number of hydrogen-bond acceptors (Lipinski definition) is 3. The predicted molar refractivity (Wildman–Crippen MR) is 57.2 cm³/mol. The third-order valence-corrected chi connectivity index (χ3v) is 2.36. The Morgan fingerprint density at radius 1 is 1.24 bits per heavy atom. The van der Waals surface area contributed by atoms with Gasteiger partial charge in [0, 0.05) is 17.3 Å². The van der Waals surface area contributed by atoms with Crippen molar-refractivity contribution < 1.29 is 19.0 Å². The van der Waals surface area contributed by atoms with Crippen LogP contribution in [0.3, 0.4) is 0 Å². The van der Waals surface area contributed by atoms with E-state index in [0.717, 1.165) is 6.07 Å². The van der Waals surface area contributed by atoms with E-state index < -0.39 is 18.2 Å². The van der Waals surface area contributed by atoms with Crippen LogP contribution in [0.2, 0.25) is 0 Å². The third-order valence-electron chi connectivity index (χ3n) is 2.36. The fourth-order valence-electron chi connectivity index (χ4n) is 1.48. The molecule has 0 saturated carbocycles. The first-order valence-electron chi connectivity index (χ1n) is 4.86. The lowest BCUT2D eigenvalue weighted by Gasteiger charge is -2.06. The van der Waals surface area contributed by atoms with Gasteiger partial charge in [-0.05, 0) is 12.1 Å². The second kappa shape index (κ2) is 4.47. The zero-order valence-corrected chi connectivity index (χ0v) is 8.69. The zero-order valence-electron chi connectivity index (χ0n) is 8.69. The summed E-state index contributed by atoms with van der Waals surface area (Å²) in [6, 6.07) is 4.99. The molecule has 0 radical (unpaired) electrons. The van der Waals surface area contributed by atoms with Gasteiger partial charge >= 0.3 is 0 Å². The van der Waals surface area contributed by atoms with Crippen molar-refractivity contribution in [2.24, 2.45) is 0 Å². The van der Waals surface area contributed by atoms with Crippen molar-refractivity contribution in [2.75, 3.05) is 0 Å². The molecule has 0 fully saturated rings. The average Bonchev–Trinajstić information content (AvgIpc) is 2.32. The Balaban J connectivity index is 2.54. The van der Waals surface area contributed by atoms with Gasteiger partial charge in [-0.3, -0.25) is 4.98 Å². The summed E-state index contributed by atoms with van der Waals surface area (Å²) in [5.74, 6) is -2.22. The van der Waals surface area contributed by atoms with Gasteiger partial charge in [0.15, 0.2) is 11.6 Å². The van der Waals surface area contributed by atoms with Crippen LogP contribution in [0.4, 0.5) is 8.78 Å². The lowest BCUT2D eigenvalue weighted by molar-refractivity contribution is 0.270. The first-order valence-corrected chi connectivity index (χ1v) is 4.86. The van der Waals surface area contributed by atoms with Crippen molar-refractivity contribution >= 4 is 0 Å². The number of aromatic nitrogens is 1. The monoisotopic (exact) mass is 237 g/mol. The second-order valence-electron chi connectivity index (χ2n) is 3.45. The van der Waals surface area contributed by atoms with E-state index in [-0.39, 0.29) is 22.6 Å². The van der Waals surface area contributed by atoms with Crippen LogP contribution in [0.1, 0.15) is 5.69 Å². The summed E-state index contributed by atoms with van der Waals surface area (Å²) in [4.78, 5) is 3.75. The van der Waals surface area contributed by atoms with E-state index in [1.54, 1.807) is 0 Å². The Hall–Kier alpha value is -2.01. The van der Waals surface area contributed by atoms with Gasteiger partial charge in [0.2, 0.25) is 0 Å². The summed E-state index contributed by atoms with van der Waals surface area (Å²) in [5, 5.41) is 18.3. The van der Waals surface area contributed by atoms with E-state index in [4.69, 9.17) is 5.11 Å². The highest BCUT2D eigenvalue weighted by Gasteiger charge is 2.11. The number of nitrogens with zero attached hydrogens (tertiary/aromatic N) is 1. The summed E-state index contributed by atoms with van der Waals surface area (Å²) in [6.07, 6.45) is 1.27. The van der Waals surface area contributed by atoms with Gasteiger partial charge in [-0.25, -0.2) is 8.78 Å². The van der Waals surface area contributed by atoms with Gasteiger partial charge in [-0.15, -0.1) is 0 Å². The van der Waals surface area contributed by atoms with E-state index in [9.17, 15) is 13.9 Å². The van der Waals surface area contributed by atoms with Gasteiger partial charge in [0.05, 0.1) is 6.61 Å². The van der Waals surface area contributed by atoms with Crippen LogP contribution >= 0.6 is 0 Å². The highest BCUT2D eigenvalue weighted by atomic mass is 19.2. The molecule has 0 aliphatic rings. The molecule has 1 aromatic carbocycles. The van der Waals surface area contributed by atoms with Crippen molar-refractivity contribution in [1.82, 2.24) is 4.98 Å². The van der Waals surface area contributed by atoms with Crippen molar-refractivity contribution in [1.29, 1.82) is 0 Å². The molecule has 2 N–H and O–H groups in total. The first kappa shape index (κ1) is 11.5. The lowest BCUT2D eigenvalue weighted by atomic mass is 10.1. The number of benzene rings is 1. The van der Waals surface area contributed by atoms with Crippen LogP contribution in [0, 0.1) is 11.6 Å². The summed E-state index contributed by atoms with van der Waals surface area (Å²) in [5.41, 5.74) is 0.347. The maximum Gasteiger partial charge on any atom is 0.166 e. The van der Waals surface area contributed by atoms with Gasteiger partial charge in [0.1, 0.15) is 11.4 Å². The fourth-order valence-corrected chi connectivity index (χ4v) is 1.48. The highest BCUT2D eigenvalue weighted by Crippen LogP contribution is 2.27. The van der Waals surface area contributed by atoms with E-state index in [0.29, 0.717) is 0 Å². The zero-order chi connectivity index (χ0) is 12.4. The minimum Gasteiger partial charge on any atom is -0.506 e. The Labute approximate surface area is 96.0 Å². The topological polar surface area (TPSA) is 53.4 Å². The number of aromatic hydroxyl groups is 1. The number of aliphatic hydroxyl groups is 1. The molecule has 5 heteroatoms. The second-order valence-corrected chi connectivity index (χ2v) is 3.45. The van der Waals surface area contributed by atoms with Crippen molar-refractivity contribution in [3.05, 3.63) is 47.8 Å². The third kappa shape index (κ3) is 2.09. The highest BCUT2D eigenvalue weighted by molar-refractivity contribution is 5.65. The van der Waals surface area contributed by atoms with Crippen LogP contribution in [0.5, 0.6) is 5.75 Å². The number of rotatable bonds is 2. The molecular weight excluding hydrogens is 228 g/mol. The van der Waals surface area contributed by atoms with Crippen LogP contribution in [0.15, 0.2) is 30.5 Å². The maximum atomic E-state index is 13.5. The maximum absolute atomic E-state index is 13.5. The van der Waals surface area contributed by atoms with Crippen LogP contribution < -0.4 is 0 Å². The molecule has 1 heterocycles. The van der Waals surface area contributed by atoms with Crippen LogP contribution in [-0.4, -0.2) is 15.2 Å². The van der Waals surface area contributed by atoms with Crippen molar-refractivity contribution in [2.45, 2.75) is 6.61 Å². The summed E-state index contributed by atoms with van der Waals surface area (Å²) in [6.45, 7) is -0.419. The number of halogens is 2. The SMILES string of the molecule is OCc1ncc(-c2cccc(F)c2F)cc1O. The molecule has 0 amide bonds. The molecule has 0 spiro atoms. The van der Waals surface area contributed by atoms with Crippen molar-refractivity contribution in [3.63, 3.8) is 0 Å². The molecule has 17 heavy (non-hydrogen) atoms. The first-order chi connectivity index (χ1) is 8.13. The van der Waals surface area contributed by atoms with Gasteiger partial charge in [-0.1, -0.05) is 12.1 Å². The quantitative estimate of drug-likeness (QED) is 0.842. The van der Waals surface area contributed by atoms with Crippen LogP contribution in [-0.2, 0) is 6.61 Å². The van der Waals surface area contributed by atoms with E-state index in [2.05, 4.69) is 4.98 Å². The lowest BCUT2D eigenvalue weighted by Crippen LogP contribution is -1.93. The summed E-state index contributed by atoms with van der Waals surface area (Å²) in [7, 11) is 0. The molecule has 0 atom stereocenters. The summed E-state index contributed by atoms with van der Waals surface area (Å²) >= 11 is 0. The fraction of sp³-hybridized carbons (Fsp3) is 0.0833. The molecular formula is C12H9F2NO2. The summed E-state index contributed by atoms with van der Waals surface area (Å²) < 4.78 is 26.5. The largest absolute Gasteiger partial charge is 0.506 e. The molecule has 88 valence electrons. The van der Waals surface area contributed by atoms with E-state index in [1.807, 2.05) is 0 Å². The minimum atomic E-state index is -0.995. The smallest absolute Gasteiger partial charge is 0.166 e. The van der Waals surface area contributed by atoms with E-state index in [1.165, 1.54) is 24.4 Å². The van der Waals surface area contributed by atoms with E-state index >= 15 is 0 Å². The molecule has 0 bridgehead atoms. The minimum absolute atomic E-state index is 0.0114.